The van der Waals surface area contributed by atoms with E-state index in [-0.39, 0.29) is 6.10 Å². The van der Waals surface area contributed by atoms with Gasteiger partial charge in [-0.2, -0.15) is 0 Å². The van der Waals surface area contributed by atoms with E-state index in [1.807, 2.05) is 0 Å². The molecule has 0 unspecified atom stereocenters. The third-order valence-electron chi connectivity index (χ3n) is 3.74. The zero-order chi connectivity index (χ0) is 9.31. The predicted molar refractivity (Wildman–Crippen MR) is 53.6 cm³/mol. The molecule has 0 heterocycles. The Morgan fingerprint density at radius 3 is 2.46 bits per heavy atom. The molecule has 2 nitrogen and oxygen atoms in total. The van der Waals surface area contributed by atoms with Crippen LogP contribution in [0, 0.1) is 5.41 Å². The molecule has 2 heteroatoms. The zero-order valence-electron chi connectivity index (χ0n) is 8.55. The van der Waals surface area contributed by atoms with Gasteiger partial charge in [-0.3, -0.25) is 0 Å². The van der Waals surface area contributed by atoms with Gasteiger partial charge in [0, 0.05) is 12.6 Å². The molecule has 2 saturated carbocycles. The number of hydrogen-bond acceptors (Lipinski definition) is 2. The first kappa shape index (κ1) is 9.47. The van der Waals surface area contributed by atoms with E-state index in [1.54, 1.807) is 0 Å². The third-order valence-corrected chi connectivity index (χ3v) is 3.74. The van der Waals surface area contributed by atoms with Gasteiger partial charge in [-0.25, -0.2) is 0 Å². The maximum absolute atomic E-state index is 9.13. The molecule has 0 radical (unpaired) electrons. The van der Waals surface area contributed by atoms with Crippen molar-refractivity contribution in [2.75, 3.05) is 6.54 Å². The van der Waals surface area contributed by atoms with Crippen LogP contribution in [0.25, 0.3) is 0 Å². The average molecular weight is 183 g/mol. The van der Waals surface area contributed by atoms with E-state index >= 15 is 0 Å². The van der Waals surface area contributed by atoms with Crippen molar-refractivity contribution in [3.05, 3.63) is 0 Å². The Morgan fingerprint density at radius 2 is 1.92 bits per heavy atom. The Labute approximate surface area is 80.7 Å². The first-order chi connectivity index (χ1) is 6.18. The largest absolute Gasteiger partial charge is 0.393 e. The fourth-order valence-corrected chi connectivity index (χ4v) is 2.55. The Balaban J connectivity index is 1.67. The van der Waals surface area contributed by atoms with Crippen molar-refractivity contribution >= 4 is 0 Å². The average Bonchev–Trinajstić information content (AvgIpc) is 2.45. The summed E-state index contributed by atoms with van der Waals surface area (Å²) in [4.78, 5) is 0. The summed E-state index contributed by atoms with van der Waals surface area (Å²) in [5.74, 6) is 0. The third kappa shape index (κ3) is 2.23. The predicted octanol–water partition coefficient (Wildman–Crippen LogP) is 1.68. The van der Waals surface area contributed by atoms with E-state index in [4.69, 9.17) is 5.11 Å². The lowest BCUT2D eigenvalue weighted by Gasteiger charge is -2.35. The highest BCUT2D eigenvalue weighted by atomic mass is 16.3. The van der Waals surface area contributed by atoms with Crippen LogP contribution in [0.5, 0.6) is 0 Å². The van der Waals surface area contributed by atoms with Gasteiger partial charge in [0.1, 0.15) is 0 Å². The highest BCUT2D eigenvalue weighted by Crippen LogP contribution is 2.37. The highest BCUT2D eigenvalue weighted by molar-refractivity contribution is 4.89. The quantitative estimate of drug-likeness (QED) is 0.697. The lowest BCUT2D eigenvalue weighted by atomic mass is 9.85. The lowest BCUT2D eigenvalue weighted by molar-refractivity contribution is 0.0578. The van der Waals surface area contributed by atoms with Gasteiger partial charge in [0.05, 0.1) is 6.10 Å². The maximum Gasteiger partial charge on any atom is 0.0570 e. The van der Waals surface area contributed by atoms with Crippen molar-refractivity contribution in [2.24, 2.45) is 5.41 Å². The monoisotopic (exact) mass is 183 g/mol. The highest BCUT2D eigenvalue weighted by Gasteiger charge is 2.32. The maximum atomic E-state index is 9.13. The van der Waals surface area contributed by atoms with Gasteiger partial charge >= 0.3 is 0 Å². The summed E-state index contributed by atoms with van der Waals surface area (Å²) < 4.78 is 0. The number of aliphatic hydroxyl groups is 1. The minimum Gasteiger partial charge on any atom is -0.393 e. The standard InChI is InChI=1S/C11H21NO/c1-11(4-2-3-5-11)8-12-9-6-10(13)7-9/h9-10,12-13H,2-8H2,1H3. The van der Waals surface area contributed by atoms with Crippen LogP contribution in [0.1, 0.15) is 45.4 Å². The Bertz CT molecular complexity index is 169. The normalized spacial score (nSPS) is 37.4. The molecule has 0 aromatic heterocycles. The summed E-state index contributed by atoms with van der Waals surface area (Å²) in [6.45, 7) is 3.55. The SMILES string of the molecule is CC1(CNC2CC(O)C2)CCCC1. The van der Waals surface area contributed by atoms with E-state index in [1.165, 1.54) is 25.7 Å². The molecule has 2 fully saturated rings. The minimum absolute atomic E-state index is 0.0196. The summed E-state index contributed by atoms with van der Waals surface area (Å²) >= 11 is 0. The second-order valence-corrected chi connectivity index (χ2v) is 5.22. The van der Waals surface area contributed by atoms with Gasteiger partial charge < -0.3 is 10.4 Å². The minimum atomic E-state index is -0.0196. The summed E-state index contributed by atoms with van der Waals surface area (Å²) in [6, 6.07) is 0.604. The number of rotatable bonds is 3. The van der Waals surface area contributed by atoms with Gasteiger partial charge in [-0.15, -0.1) is 0 Å². The van der Waals surface area contributed by atoms with Crippen LogP contribution in [0.3, 0.4) is 0 Å². The van der Waals surface area contributed by atoms with Crippen molar-refractivity contribution in [1.29, 1.82) is 0 Å². The van der Waals surface area contributed by atoms with E-state index in [2.05, 4.69) is 12.2 Å². The molecule has 0 bridgehead atoms. The molecule has 2 rings (SSSR count). The van der Waals surface area contributed by atoms with Crippen LogP contribution in [-0.2, 0) is 0 Å². The number of aliphatic hydroxyl groups excluding tert-OH is 1. The van der Waals surface area contributed by atoms with Gasteiger partial charge in [0.15, 0.2) is 0 Å². The molecule has 13 heavy (non-hydrogen) atoms. The molecule has 0 spiro atoms. The molecular weight excluding hydrogens is 162 g/mol. The Kier molecular flexibility index (Phi) is 2.61. The van der Waals surface area contributed by atoms with Crippen LogP contribution in [-0.4, -0.2) is 23.8 Å². The van der Waals surface area contributed by atoms with Crippen LogP contribution >= 0.6 is 0 Å². The molecule has 0 saturated heterocycles. The molecule has 0 aromatic rings. The Morgan fingerprint density at radius 1 is 1.31 bits per heavy atom. The summed E-state index contributed by atoms with van der Waals surface area (Å²) in [6.07, 6.45) is 7.50. The van der Waals surface area contributed by atoms with E-state index < -0.39 is 0 Å². The van der Waals surface area contributed by atoms with Crippen molar-refractivity contribution in [1.82, 2.24) is 5.32 Å². The Hall–Kier alpha value is -0.0800. The molecule has 76 valence electrons. The summed E-state index contributed by atoms with van der Waals surface area (Å²) in [5.41, 5.74) is 0.556. The molecule has 0 aromatic carbocycles. The van der Waals surface area contributed by atoms with Crippen molar-refractivity contribution in [2.45, 2.75) is 57.6 Å². The second-order valence-electron chi connectivity index (χ2n) is 5.22. The zero-order valence-corrected chi connectivity index (χ0v) is 8.55. The molecule has 2 aliphatic carbocycles. The molecule has 2 aliphatic rings. The summed E-state index contributed by atoms with van der Waals surface area (Å²) in [5, 5.41) is 12.7. The lowest BCUT2D eigenvalue weighted by Crippen LogP contribution is -2.47. The smallest absolute Gasteiger partial charge is 0.0570 e. The molecule has 0 aliphatic heterocycles. The molecule has 2 N–H and O–H groups in total. The topological polar surface area (TPSA) is 32.3 Å². The fourth-order valence-electron chi connectivity index (χ4n) is 2.55. The van der Waals surface area contributed by atoms with Crippen molar-refractivity contribution in [3.8, 4) is 0 Å². The molecule has 0 atom stereocenters. The van der Waals surface area contributed by atoms with E-state index in [0.717, 1.165) is 19.4 Å². The van der Waals surface area contributed by atoms with Crippen LogP contribution < -0.4 is 5.32 Å². The van der Waals surface area contributed by atoms with Crippen LogP contribution in [0.4, 0.5) is 0 Å². The molecule has 0 amide bonds. The van der Waals surface area contributed by atoms with Crippen LogP contribution in [0.2, 0.25) is 0 Å². The number of nitrogens with one attached hydrogen (secondary N) is 1. The van der Waals surface area contributed by atoms with E-state index in [0.29, 0.717) is 11.5 Å². The fraction of sp³-hybridized carbons (Fsp3) is 1.00. The van der Waals surface area contributed by atoms with Gasteiger partial charge in [-0.05, 0) is 31.1 Å². The second kappa shape index (κ2) is 3.58. The van der Waals surface area contributed by atoms with E-state index in [9.17, 15) is 0 Å². The summed E-state index contributed by atoms with van der Waals surface area (Å²) in [7, 11) is 0. The van der Waals surface area contributed by atoms with Crippen molar-refractivity contribution < 1.29 is 5.11 Å². The first-order valence-corrected chi connectivity index (χ1v) is 5.59. The first-order valence-electron chi connectivity index (χ1n) is 5.59. The van der Waals surface area contributed by atoms with Gasteiger partial charge in [0.25, 0.3) is 0 Å². The van der Waals surface area contributed by atoms with Gasteiger partial charge in [-0.1, -0.05) is 19.8 Å². The number of hydrogen-bond donors (Lipinski definition) is 2. The van der Waals surface area contributed by atoms with Crippen LogP contribution in [0.15, 0.2) is 0 Å². The van der Waals surface area contributed by atoms with Crippen molar-refractivity contribution in [3.63, 3.8) is 0 Å². The van der Waals surface area contributed by atoms with Gasteiger partial charge in [0.2, 0.25) is 0 Å². The molecular formula is C11H21NO.